The topological polar surface area (TPSA) is 71.0 Å². The molecule has 2 aromatic carbocycles. The highest BCUT2D eigenvalue weighted by molar-refractivity contribution is 5.76. The zero-order chi connectivity index (χ0) is 26.6. The summed E-state index contributed by atoms with van der Waals surface area (Å²) in [4.78, 5) is 14.9. The van der Waals surface area contributed by atoms with Crippen molar-refractivity contribution in [3.8, 4) is 5.75 Å². The van der Waals surface area contributed by atoms with Crippen LogP contribution in [-0.4, -0.2) is 61.0 Å². The van der Waals surface area contributed by atoms with Crippen molar-refractivity contribution in [2.45, 2.75) is 76.3 Å². The van der Waals surface area contributed by atoms with Gasteiger partial charge in [0, 0.05) is 39.3 Å². The predicted octanol–water partition coefficient (Wildman–Crippen LogP) is 5.20. The van der Waals surface area contributed by atoms with E-state index in [1.54, 1.807) is 0 Å². The molecule has 208 valence electrons. The Labute approximate surface area is 226 Å². The molecule has 0 bridgehead atoms. The second-order valence-corrected chi connectivity index (χ2v) is 10.8. The van der Waals surface area contributed by atoms with Crippen molar-refractivity contribution >= 4 is 5.91 Å². The Morgan fingerprint density at radius 2 is 1.89 bits per heavy atom. The number of amides is 1. The van der Waals surface area contributed by atoms with E-state index in [2.05, 4.69) is 5.32 Å². The van der Waals surface area contributed by atoms with Gasteiger partial charge in [-0.15, -0.1) is 0 Å². The molecule has 2 saturated heterocycles. The number of nitrogens with one attached hydrogen (secondary N) is 1. The van der Waals surface area contributed by atoms with E-state index in [4.69, 9.17) is 9.47 Å². The number of carbonyl (C=O) groups is 1. The first-order valence-electron chi connectivity index (χ1n) is 14.2. The zero-order valence-electron chi connectivity index (χ0n) is 22.4. The molecule has 1 amide bonds. The van der Waals surface area contributed by atoms with E-state index < -0.39 is 18.3 Å². The number of hydrogen-bond acceptors (Lipinski definition) is 5. The lowest BCUT2D eigenvalue weighted by Crippen LogP contribution is -2.46. The number of rotatable bonds is 14. The van der Waals surface area contributed by atoms with Crippen LogP contribution < -0.4 is 10.1 Å². The van der Waals surface area contributed by atoms with E-state index in [1.807, 2.05) is 59.5 Å². The van der Waals surface area contributed by atoms with Gasteiger partial charge in [-0.25, -0.2) is 4.39 Å². The fourth-order valence-corrected chi connectivity index (χ4v) is 5.42. The average Bonchev–Trinajstić information content (AvgIpc) is 3.36. The highest BCUT2D eigenvalue weighted by Gasteiger charge is 2.29. The molecule has 0 aromatic heterocycles. The van der Waals surface area contributed by atoms with Crippen LogP contribution in [0.1, 0.15) is 68.6 Å². The van der Waals surface area contributed by atoms with Crippen molar-refractivity contribution in [3.63, 3.8) is 0 Å². The number of carbonyl (C=O) groups excluding carboxylic acids is 1. The molecule has 4 rings (SSSR count). The second-order valence-electron chi connectivity index (χ2n) is 10.8. The maximum Gasteiger partial charge on any atom is 0.220 e. The standard InChI is InChI=1S/C31H43FN2O4/c32-27-14-17-34(21-27)22-29(33-30(35)13-6-2-3-8-24-15-18-37-19-16-24)31(36)26-11-7-12-28(20-26)38-23-25-9-4-1-5-10-25/h1,4-5,7,9-12,20,24,27,29,31,36H,2-3,6,8,13-19,21-23H2,(H,33,35)/t27-,29-,31-/m1/s1. The summed E-state index contributed by atoms with van der Waals surface area (Å²) in [7, 11) is 0. The first kappa shape index (κ1) is 28.5. The maximum absolute atomic E-state index is 13.8. The zero-order valence-corrected chi connectivity index (χ0v) is 22.4. The molecular formula is C31H43FN2O4. The van der Waals surface area contributed by atoms with Gasteiger partial charge in [-0.05, 0) is 54.9 Å². The van der Waals surface area contributed by atoms with Crippen LogP contribution in [0.4, 0.5) is 4.39 Å². The summed E-state index contributed by atoms with van der Waals surface area (Å²) >= 11 is 0. The van der Waals surface area contributed by atoms with Gasteiger partial charge in [0.1, 0.15) is 24.6 Å². The van der Waals surface area contributed by atoms with Gasteiger partial charge in [-0.3, -0.25) is 9.69 Å². The van der Waals surface area contributed by atoms with E-state index in [-0.39, 0.29) is 5.91 Å². The van der Waals surface area contributed by atoms with Crippen LogP contribution in [0, 0.1) is 5.92 Å². The number of likely N-dealkylation sites (tertiary alicyclic amines) is 1. The van der Waals surface area contributed by atoms with Gasteiger partial charge in [0.05, 0.1) is 6.04 Å². The van der Waals surface area contributed by atoms with Crippen LogP contribution in [0.2, 0.25) is 0 Å². The smallest absolute Gasteiger partial charge is 0.220 e. The molecule has 3 atom stereocenters. The largest absolute Gasteiger partial charge is 0.489 e. The Hall–Kier alpha value is -2.48. The number of aliphatic hydroxyl groups excluding tert-OH is 1. The highest BCUT2D eigenvalue weighted by Crippen LogP contribution is 2.25. The summed E-state index contributed by atoms with van der Waals surface area (Å²) < 4.78 is 25.2. The molecule has 2 aliphatic rings. The molecule has 7 heteroatoms. The van der Waals surface area contributed by atoms with Crippen LogP contribution in [0.25, 0.3) is 0 Å². The third-order valence-corrected chi connectivity index (χ3v) is 7.70. The van der Waals surface area contributed by atoms with E-state index in [0.29, 0.717) is 50.4 Å². The number of hydrogen-bond donors (Lipinski definition) is 2. The molecule has 0 radical (unpaired) electrons. The molecule has 2 N–H and O–H groups in total. The first-order chi connectivity index (χ1) is 18.6. The van der Waals surface area contributed by atoms with E-state index >= 15 is 0 Å². The summed E-state index contributed by atoms with van der Waals surface area (Å²) in [5.74, 6) is 1.35. The summed E-state index contributed by atoms with van der Waals surface area (Å²) in [5.41, 5.74) is 1.74. The van der Waals surface area contributed by atoms with Crippen molar-refractivity contribution in [3.05, 3.63) is 65.7 Å². The van der Waals surface area contributed by atoms with E-state index in [1.165, 1.54) is 6.42 Å². The third-order valence-electron chi connectivity index (χ3n) is 7.70. The van der Waals surface area contributed by atoms with Gasteiger partial charge in [0.15, 0.2) is 0 Å². The number of nitrogens with zero attached hydrogens (tertiary/aromatic N) is 1. The molecular weight excluding hydrogens is 483 g/mol. The van der Waals surface area contributed by atoms with Gasteiger partial charge in [0.25, 0.3) is 0 Å². The quantitative estimate of drug-likeness (QED) is 0.331. The van der Waals surface area contributed by atoms with Gasteiger partial charge in [0.2, 0.25) is 5.91 Å². The van der Waals surface area contributed by atoms with Crippen molar-refractivity contribution in [2.75, 3.05) is 32.8 Å². The van der Waals surface area contributed by atoms with Crippen molar-refractivity contribution in [1.82, 2.24) is 10.2 Å². The summed E-state index contributed by atoms with van der Waals surface area (Å²) in [5, 5.41) is 14.4. The Morgan fingerprint density at radius 1 is 1.08 bits per heavy atom. The lowest BCUT2D eigenvalue weighted by molar-refractivity contribution is -0.123. The molecule has 2 aromatic rings. The first-order valence-corrected chi connectivity index (χ1v) is 14.2. The third kappa shape index (κ3) is 9.37. The number of halogens is 1. The molecule has 38 heavy (non-hydrogen) atoms. The normalized spacial score (nSPS) is 20.2. The number of unbranched alkanes of at least 4 members (excludes halogenated alkanes) is 2. The minimum Gasteiger partial charge on any atom is -0.489 e. The number of ether oxygens (including phenoxy) is 2. The summed E-state index contributed by atoms with van der Waals surface area (Å²) in [6.45, 7) is 3.56. The van der Waals surface area contributed by atoms with Gasteiger partial charge >= 0.3 is 0 Å². The van der Waals surface area contributed by atoms with Crippen LogP contribution in [0.3, 0.4) is 0 Å². The molecule has 2 aliphatic heterocycles. The SMILES string of the molecule is O=C(CCCCCC1CCOCC1)N[C@H](CN1CC[C@@H](F)C1)[C@H](O)c1cccc(OCc2ccccc2)c1. The van der Waals surface area contributed by atoms with Crippen molar-refractivity contribution in [1.29, 1.82) is 0 Å². The highest BCUT2D eigenvalue weighted by atomic mass is 19.1. The molecule has 2 heterocycles. The Kier molecular flexibility index (Phi) is 11.4. The fraction of sp³-hybridized carbons (Fsp3) is 0.581. The number of alkyl halides is 1. The van der Waals surface area contributed by atoms with Gasteiger partial charge < -0.3 is 19.9 Å². The Bertz CT molecular complexity index is 969. The summed E-state index contributed by atoms with van der Waals surface area (Å²) in [6.07, 6.45) is 5.63. The predicted molar refractivity (Wildman–Crippen MR) is 147 cm³/mol. The van der Waals surface area contributed by atoms with Crippen LogP contribution in [-0.2, 0) is 16.1 Å². The van der Waals surface area contributed by atoms with Crippen LogP contribution in [0.15, 0.2) is 54.6 Å². The Balaban J connectivity index is 1.30. The molecule has 0 spiro atoms. The number of benzene rings is 2. The molecule has 2 fully saturated rings. The van der Waals surface area contributed by atoms with E-state index in [9.17, 15) is 14.3 Å². The number of aliphatic hydroxyl groups is 1. The minimum absolute atomic E-state index is 0.0624. The summed E-state index contributed by atoms with van der Waals surface area (Å²) in [6, 6.07) is 16.8. The lowest BCUT2D eigenvalue weighted by atomic mass is 9.93. The maximum atomic E-state index is 13.8. The Morgan fingerprint density at radius 3 is 2.66 bits per heavy atom. The van der Waals surface area contributed by atoms with Crippen LogP contribution >= 0.6 is 0 Å². The minimum atomic E-state index is -0.925. The fourth-order valence-electron chi connectivity index (χ4n) is 5.42. The molecule has 0 saturated carbocycles. The molecule has 0 unspecified atom stereocenters. The monoisotopic (exact) mass is 526 g/mol. The van der Waals surface area contributed by atoms with Gasteiger partial charge in [-0.1, -0.05) is 61.7 Å². The van der Waals surface area contributed by atoms with Crippen LogP contribution in [0.5, 0.6) is 5.75 Å². The molecule has 0 aliphatic carbocycles. The molecule has 6 nitrogen and oxygen atoms in total. The average molecular weight is 527 g/mol. The van der Waals surface area contributed by atoms with Crippen molar-refractivity contribution < 1.29 is 23.8 Å². The van der Waals surface area contributed by atoms with Gasteiger partial charge in [-0.2, -0.15) is 0 Å². The lowest BCUT2D eigenvalue weighted by Gasteiger charge is -2.29. The van der Waals surface area contributed by atoms with Crippen molar-refractivity contribution in [2.24, 2.45) is 5.92 Å². The second kappa shape index (κ2) is 15.2. The van der Waals surface area contributed by atoms with E-state index in [0.717, 1.165) is 56.8 Å².